The minimum absolute atomic E-state index is 0.308. The van der Waals surface area contributed by atoms with Gasteiger partial charge in [-0.05, 0) is 49.2 Å². The predicted octanol–water partition coefficient (Wildman–Crippen LogP) is 6.08. The summed E-state index contributed by atoms with van der Waals surface area (Å²) in [4.78, 5) is 21.4. The van der Waals surface area contributed by atoms with Crippen LogP contribution in [0.2, 0.25) is 0 Å². The van der Waals surface area contributed by atoms with Crippen molar-refractivity contribution >= 4 is 17.2 Å². The largest absolute Gasteiger partial charge is 0.418 e. The van der Waals surface area contributed by atoms with E-state index in [2.05, 4.69) is 20.4 Å². The lowest BCUT2D eigenvalue weighted by atomic mass is 9.95. The molecule has 176 valence electrons. The summed E-state index contributed by atoms with van der Waals surface area (Å²) >= 11 is 0. The number of carbonyl (C=O) groups is 1. The number of nitrogens with one attached hydrogen (secondary N) is 1. The van der Waals surface area contributed by atoms with Gasteiger partial charge in [0.2, 0.25) is 5.91 Å². The van der Waals surface area contributed by atoms with E-state index in [0.29, 0.717) is 28.3 Å². The van der Waals surface area contributed by atoms with Crippen molar-refractivity contribution in [1.29, 1.82) is 0 Å². The fourth-order valence-corrected chi connectivity index (χ4v) is 3.48. The fraction of sp³-hybridized carbons (Fsp3) is 0.280. The molecule has 0 aliphatic heterocycles. The number of halogens is 3. The van der Waals surface area contributed by atoms with Crippen LogP contribution in [0.5, 0.6) is 0 Å². The van der Waals surface area contributed by atoms with Crippen molar-refractivity contribution in [2.24, 2.45) is 5.41 Å². The third-order valence-electron chi connectivity index (χ3n) is 5.61. The molecule has 4 aromatic rings. The Kier molecular flexibility index (Phi) is 5.67. The predicted molar refractivity (Wildman–Crippen MR) is 124 cm³/mol. The quantitative estimate of drug-likeness (QED) is 0.396. The molecule has 3 aromatic heterocycles. The standard InChI is InChI=1S/C25H24F3N5O/c1-14-15(2)22-30-20(13-33(22)32-21(14)18-8-6-7-11-29-18)16-9-10-17(25(26,27)28)19(12-16)31-23(34)24(3,4)5/h6-13H,1-5H3,(H,31,34). The van der Waals surface area contributed by atoms with Crippen LogP contribution in [-0.4, -0.2) is 25.5 Å². The van der Waals surface area contributed by atoms with Crippen molar-refractivity contribution < 1.29 is 18.0 Å². The maximum atomic E-state index is 13.6. The lowest BCUT2D eigenvalue weighted by molar-refractivity contribution is -0.137. The summed E-state index contributed by atoms with van der Waals surface area (Å²) in [5, 5.41) is 7.09. The van der Waals surface area contributed by atoms with Gasteiger partial charge in [-0.25, -0.2) is 9.50 Å². The van der Waals surface area contributed by atoms with E-state index in [4.69, 9.17) is 0 Å². The molecule has 0 aliphatic carbocycles. The molecule has 34 heavy (non-hydrogen) atoms. The summed E-state index contributed by atoms with van der Waals surface area (Å²) in [6.45, 7) is 8.75. The minimum Gasteiger partial charge on any atom is -0.325 e. The number of alkyl halides is 3. The van der Waals surface area contributed by atoms with E-state index in [-0.39, 0.29) is 5.69 Å². The van der Waals surface area contributed by atoms with E-state index in [1.54, 1.807) is 37.7 Å². The molecule has 1 aromatic carbocycles. The molecule has 0 spiro atoms. The van der Waals surface area contributed by atoms with Crippen molar-refractivity contribution in [1.82, 2.24) is 19.6 Å². The van der Waals surface area contributed by atoms with Crippen LogP contribution in [0.3, 0.4) is 0 Å². The molecule has 0 radical (unpaired) electrons. The molecule has 9 heteroatoms. The van der Waals surface area contributed by atoms with Crippen LogP contribution in [0.4, 0.5) is 18.9 Å². The van der Waals surface area contributed by atoms with Gasteiger partial charge in [-0.15, -0.1) is 0 Å². The number of hydrogen-bond donors (Lipinski definition) is 1. The number of rotatable bonds is 3. The highest BCUT2D eigenvalue weighted by Gasteiger charge is 2.35. The number of hydrogen-bond acceptors (Lipinski definition) is 4. The first kappa shape index (κ1) is 23.4. The average molecular weight is 467 g/mol. The Hall–Kier alpha value is -3.75. The zero-order valence-electron chi connectivity index (χ0n) is 19.4. The first-order valence-corrected chi connectivity index (χ1v) is 10.7. The van der Waals surface area contributed by atoms with E-state index in [0.717, 1.165) is 17.2 Å². The van der Waals surface area contributed by atoms with Crippen LogP contribution in [0, 0.1) is 19.3 Å². The monoisotopic (exact) mass is 467 g/mol. The molecule has 0 saturated carbocycles. The molecular formula is C25H24F3N5O. The van der Waals surface area contributed by atoms with Crippen molar-refractivity contribution in [2.75, 3.05) is 5.32 Å². The van der Waals surface area contributed by atoms with E-state index in [9.17, 15) is 18.0 Å². The van der Waals surface area contributed by atoms with Crippen LogP contribution in [-0.2, 0) is 11.0 Å². The Morgan fingerprint density at radius 2 is 1.74 bits per heavy atom. The van der Waals surface area contributed by atoms with Crippen LogP contribution >= 0.6 is 0 Å². The van der Waals surface area contributed by atoms with Gasteiger partial charge in [-0.1, -0.05) is 32.9 Å². The summed E-state index contributed by atoms with van der Waals surface area (Å²) in [5.41, 5.74) is 2.57. The van der Waals surface area contributed by atoms with Gasteiger partial charge >= 0.3 is 6.18 Å². The lowest BCUT2D eigenvalue weighted by Gasteiger charge is -2.20. The van der Waals surface area contributed by atoms with E-state index in [1.807, 2.05) is 32.0 Å². The van der Waals surface area contributed by atoms with Crippen molar-refractivity contribution in [3.63, 3.8) is 0 Å². The Bertz CT molecular complexity index is 1390. The maximum absolute atomic E-state index is 13.6. The zero-order valence-corrected chi connectivity index (χ0v) is 19.4. The number of nitrogens with zero attached hydrogens (tertiary/aromatic N) is 4. The Morgan fingerprint density at radius 3 is 2.35 bits per heavy atom. The van der Waals surface area contributed by atoms with Gasteiger partial charge in [0.15, 0.2) is 5.65 Å². The highest BCUT2D eigenvalue weighted by Crippen LogP contribution is 2.38. The Labute approximate surface area is 194 Å². The van der Waals surface area contributed by atoms with Gasteiger partial charge in [0, 0.05) is 17.2 Å². The zero-order chi connectivity index (χ0) is 24.8. The van der Waals surface area contributed by atoms with Crippen LogP contribution in [0.25, 0.3) is 28.3 Å². The number of fused-ring (bicyclic) bond motifs is 1. The highest BCUT2D eigenvalue weighted by molar-refractivity contribution is 5.96. The molecule has 0 saturated heterocycles. The molecular weight excluding hydrogens is 443 g/mol. The number of aromatic nitrogens is 4. The number of pyridine rings is 1. The molecule has 0 bridgehead atoms. The molecule has 6 nitrogen and oxygen atoms in total. The molecule has 1 amide bonds. The number of imidazole rings is 1. The SMILES string of the molecule is Cc1c(-c2ccccn2)nn2cc(-c3ccc(C(F)(F)F)c(NC(=O)C(C)(C)C)c3)nc2c1C. The number of amides is 1. The minimum atomic E-state index is -4.62. The van der Waals surface area contributed by atoms with Crippen molar-refractivity contribution in [3.8, 4) is 22.6 Å². The summed E-state index contributed by atoms with van der Waals surface area (Å²) < 4.78 is 42.4. The second-order valence-corrected chi connectivity index (χ2v) is 9.17. The molecule has 4 rings (SSSR count). The Balaban J connectivity index is 1.83. The van der Waals surface area contributed by atoms with Gasteiger partial charge < -0.3 is 5.32 Å². The van der Waals surface area contributed by atoms with E-state index >= 15 is 0 Å². The van der Waals surface area contributed by atoms with Crippen LogP contribution in [0.15, 0.2) is 48.8 Å². The normalized spacial score (nSPS) is 12.2. The first-order valence-electron chi connectivity index (χ1n) is 10.7. The number of aryl methyl sites for hydroxylation is 1. The third kappa shape index (κ3) is 4.37. The van der Waals surface area contributed by atoms with Crippen molar-refractivity contribution in [3.05, 3.63) is 65.5 Å². The smallest absolute Gasteiger partial charge is 0.325 e. The first-order chi connectivity index (χ1) is 15.9. The number of benzene rings is 1. The van der Waals surface area contributed by atoms with E-state index in [1.165, 1.54) is 12.1 Å². The summed E-state index contributed by atoms with van der Waals surface area (Å²) in [7, 11) is 0. The summed E-state index contributed by atoms with van der Waals surface area (Å²) in [6.07, 6.45) is -1.28. The second kappa shape index (κ2) is 8.23. The number of carbonyl (C=O) groups excluding carboxylic acids is 1. The van der Waals surface area contributed by atoms with Gasteiger partial charge in [0.05, 0.1) is 28.8 Å². The molecule has 0 atom stereocenters. The molecule has 0 aliphatic rings. The second-order valence-electron chi connectivity index (χ2n) is 9.17. The molecule has 3 heterocycles. The number of anilines is 1. The van der Waals surface area contributed by atoms with Crippen LogP contribution in [0.1, 0.15) is 37.5 Å². The van der Waals surface area contributed by atoms with Gasteiger partial charge in [0.1, 0.15) is 5.69 Å². The topological polar surface area (TPSA) is 72.2 Å². The molecule has 0 unspecified atom stereocenters. The molecule has 1 N–H and O–H groups in total. The van der Waals surface area contributed by atoms with Gasteiger partial charge in [-0.2, -0.15) is 18.3 Å². The van der Waals surface area contributed by atoms with Gasteiger partial charge in [0.25, 0.3) is 0 Å². The van der Waals surface area contributed by atoms with Crippen molar-refractivity contribution in [2.45, 2.75) is 40.8 Å². The van der Waals surface area contributed by atoms with Gasteiger partial charge in [-0.3, -0.25) is 9.78 Å². The molecule has 0 fully saturated rings. The maximum Gasteiger partial charge on any atom is 0.418 e. The lowest BCUT2D eigenvalue weighted by Crippen LogP contribution is -2.28. The summed E-state index contributed by atoms with van der Waals surface area (Å²) in [6, 6.07) is 9.16. The highest BCUT2D eigenvalue weighted by atomic mass is 19.4. The van der Waals surface area contributed by atoms with Crippen LogP contribution < -0.4 is 5.32 Å². The fourth-order valence-electron chi connectivity index (χ4n) is 3.48. The third-order valence-corrected chi connectivity index (χ3v) is 5.61. The average Bonchev–Trinajstić information content (AvgIpc) is 3.20. The Morgan fingerprint density at radius 1 is 1.00 bits per heavy atom. The van der Waals surface area contributed by atoms with E-state index < -0.39 is 23.1 Å². The summed E-state index contributed by atoms with van der Waals surface area (Å²) in [5.74, 6) is -0.515.